The van der Waals surface area contributed by atoms with Gasteiger partial charge in [0.15, 0.2) is 5.78 Å². The summed E-state index contributed by atoms with van der Waals surface area (Å²) in [6.07, 6.45) is 0.766. The molecule has 0 bridgehead atoms. The minimum atomic E-state index is -0.172. The van der Waals surface area contributed by atoms with Gasteiger partial charge in [0, 0.05) is 18.6 Å². The Bertz CT molecular complexity index is 1110. The number of rotatable bonds is 5. The number of aliphatic hydroxyl groups is 1. The molecule has 1 amide bonds. The van der Waals surface area contributed by atoms with Crippen molar-refractivity contribution in [1.29, 1.82) is 0 Å². The molecule has 0 unspecified atom stereocenters. The summed E-state index contributed by atoms with van der Waals surface area (Å²) in [5.74, 6) is -0.172. The first-order chi connectivity index (χ1) is 14.0. The fourth-order valence-electron chi connectivity index (χ4n) is 3.48. The minimum Gasteiger partial charge on any atom is -0.396 e. The van der Waals surface area contributed by atoms with Crippen molar-refractivity contribution in [2.45, 2.75) is 19.8 Å². The van der Waals surface area contributed by atoms with Crippen molar-refractivity contribution in [3.05, 3.63) is 77.4 Å². The molecular formula is C24H22N2O3. The van der Waals surface area contributed by atoms with Gasteiger partial charge in [0.25, 0.3) is 5.91 Å². The number of ketones is 1. The van der Waals surface area contributed by atoms with Crippen molar-refractivity contribution in [2.75, 3.05) is 17.2 Å². The summed E-state index contributed by atoms with van der Waals surface area (Å²) >= 11 is 0. The highest BCUT2D eigenvalue weighted by molar-refractivity contribution is 6.12. The molecule has 3 N–H and O–H groups in total. The van der Waals surface area contributed by atoms with Gasteiger partial charge in [-0.1, -0.05) is 30.3 Å². The van der Waals surface area contributed by atoms with Crippen molar-refractivity contribution in [1.82, 2.24) is 0 Å². The molecular weight excluding hydrogens is 364 g/mol. The Hall–Kier alpha value is -3.44. The number of carbonyl (C=O) groups excluding carboxylic acids is 2. The molecule has 4 rings (SSSR count). The van der Waals surface area contributed by atoms with Crippen LogP contribution in [-0.2, 0) is 0 Å². The highest BCUT2D eigenvalue weighted by Gasteiger charge is 2.20. The van der Waals surface area contributed by atoms with Crippen LogP contribution in [0.4, 0.5) is 17.1 Å². The average Bonchev–Trinajstić information content (AvgIpc) is 2.87. The molecule has 1 aliphatic rings. The number of Topliss-reactive ketones (excluding diaryl/α,β-unsaturated/α-hetero) is 1. The molecule has 5 heteroatoms. The van der Waals surface area contributed by atoms with Gasteiger partial charge < -0.3 is 15.7 Å². The number of amides is 1. The second-order valence-corrected chi connectivity index (χ2v) is 7.22. The number of hydrogen-bond acceptors (Lipinski definition) is 4. The van der Waals surface area contributed by atoms with Gasteiger partial charge in [0.05, 0.1) is 22.6 Å². The molecule has 0 saturated carbocycles. The van der Waals surface area contributed by atoms with Crippen molar-refractivity contribution in [3.63, 3.8) is 0 Å². The van der Waals surface area contributed by atoms with Gasteiger partial charge >= 0.3 is 0 Å². The van der Waals surface area contributed by atoms with Gasteiger partial charge in [0.2, 0.25) is 0 Å². The van der Waals surface area contributed by atoms with E-state index in [1.807, 2.05) is 61.5 Å². The second kappa shape index (κ2) is 7.89. The van der Waals surface area contributed by atoms with E-state index in [0.29, 0.717) is 24.0 Å². The van der Waals surface area contributed by atoms with E-state index in [0.717, 1.165) is 33.8 Å². The molecule has 0 atom stereocenters. The standard InChI is InChI=1S/C24H22N2O3/c1-15-7-9-21-22(12-15)26-24(29)19-14-17(8-10-20(19)25-21)16-4-2-5-18(13-16)23(28)6-3-11-27/h2,4-5,7-10,12-14,25,27H,3,6,11H2,1H3,(H,26,29). The zero-order valence-corrected chi connectivity index (χ0v) is 16.2. The summed E-state index contributed by atoms with van der Waals surface area (Å²) in [5, 5.41) is 15.2. The molecule has 3 aromatic carbocycles. The lowest BCUT2D eigenvalue weighted by atomic mass is 9.97. The molecule has 3 aromatic rings. The Balaban J connectivity index is 1.68. The van der Waals surface area contributed by atoms with E-state index in [-0.39, 0.29) is 18.3 Å². The number of aryl methyl sites for hydroxylation is 1. The van der Waals surface area contributed by atoms with Crippen LogP contribution in [0.5, 0.6) is 0 Å². The summed E-state index contributed by atoms with van der Waals surface area (Å²) in [6.45, 7) is 1.98. The van der Waals surface area contributed by atoms with Gasteiger partial charge in [-0.05, 0) is 60.4 Å². The van der Waals surface area contributed by atoms with E-state index in [9.17, 15) is 9.59 Å². The maximum Gasteiger partial charge on any atom is 0.257 e. The lowest BCUT2D eigenvalue weighted by molar-refractivity contribution is 0.0970. The third-order valence-corrected chi connectivity index (χ3v) is 5.04. The molecule has 0 radical (unpaired) electrons. The van der Waals surface area contributed by atoms with Crippen molar-refractivity contribution >= 4 is 28.8 Å². The summed E-state index contributed by atoms with van der Waals surface area (Å²) in [5.41, 5.74) is 6.30. The van der Waals surface area contributed by atoms with E-state index < -0.39 is 0 Å². The smallest absolute Gasteiger partial charge is 0.257 e. The first kappa shape index (κ1) is 18.9. The zero-order chi connectivity index (χ0) is 20.4. The summed E-state index contributed by atoms with van der Waals surface area (Å²) in [6, 6.07) is 18.9. The quantitative estimate of drug-likeness (QED) is 0.544. The van der Waals surface area contributed by atoms with Gasteiger partial charge in [-0.15, -0.1) is 0 Å². The van der Waals surface area contributed by atoms with Crippen LogP contribution in [0.25, 0.3) is 11.1 Å². The molecule has 1 aliphatic heterocycles. The van der Waals surface area contributed by atoms with Gasteiger partial charge in [-0.25, -0.2) is 0 Å². The molecule has 0 aromatic heterocycles. The maximum absolute atomic E-state index is 12.8. The van der Waals surface area contributed by atoms with Crippen LogP contribution in [0, 0.1) is 6.92 Å². The largest absolute Gasteiger partial charge is 0.396 e. The van der Waals surface area contributed by atoms with E-state index >= 15 is 0 Å². The van der Waals surface area contributed by atoms with Gasteiger partial charge in [-0.2, -0.15) is 0 Å². The first-order valence-electron chi connectivity index (χ1n) is 9.63. The molecule has 0 spiro atoms. The van der Waals surface area contributed by atoms with Gasteiger partial charge in [-0.3, -0.25) is 9.59 Å². The Labute approximate surface area is 169 Å². The summed E-state index contributed by atoms with van der Waals surface area (Å²) in [7, 11) is 0. The molecule has 0 saturated heterocycles. The minimum absolute atomic E-state index is 0.000276. The number of nitrogens with one attached hydrogen (secondary N) is 2. The first-order valence-corrected chi connectivity index (χ1v) is 9.63. The van der Waals surface area contributed by atoms with Crippen LogP contribution in [0.2, 0.25) is 0 Å². The lowest BCUT2D eigenvalue weighted by Gasteiger charge is -2.11. The second-order valence-electron chi connectivity index (χ2n) is 7.22. The fraction of sp³-hybridized carbons (Fsp3) is 0.167. The number of aliphatic hydroxyl groups excluding tert-OH is 1. The fourth-order valence-corrected chi connectivity index (χ4v) is 3.48. The van der Waals surface area contributed by atoms with Crippen LogP contribution in [0.1, 0.15) is 39.1 Å². The van der Waals surface area contributed by atoms with Crippen molar-refractivity contribution in [2.24, 2.45) is 0 Å². The van der Waals surface area contributed by atoms with Crippen LogP contribution in [0.3, 0.4) is 0 Å². The number of benzene rings is 3. The molecule has 0 aliphatic carbocycles. The average molecular weight is 386 g/mol. The predicted molar refractivity (Wildman–Crippen MR) is 115 cm³/mol. The van der Waals surface area contributed by atoms with Crippen LogP contribution >= 0.6 is 0 Å². The number of carbonyl (C=O) groups is 2. The van der Waals surface area contributed by atoms with Crippen LogP contribution in [0.15, 0.2) is 60.7 Å². The van der Waals surface area contributed by atoms with E-state index in [2.05, 4.69) is 10.6 Å². The van der Waals surface area contributed by atoms with Crippen molar-refractivity contribution < 1.29 is 14.7 Å². The van der Waals surface area contributed by atoms with Crippen LogP contribution in [-0.4, -0.2) is 23.4 Å². The number of anilines is 3. The highest BCUT2D eigenvalue weighted by atomic mass is 16.3. The Morgan fingerprint density at radius 3 is 2.52 bits per heavy atom. The maximum atomic E-state index is 12.8. The van der Waals surface area contributed by atoms with Crippen LogP contribution < -0.4 is 10.6 Å². The number of hydrogen-bond donors (Lipinski definition) is 3. The van der Waals surface area contributed by atoms with Crippen molar-refractivity contribution in [3.8, 4) is 11.1 Å². The topological polar surface area (TPSA) is 78.4 Å². The Morgan fingerprint density at radius 1 is 0.897 bits per heavy atom. The van der Waals surface area contributed by atoms with E-state index in [1.165, 1.54) is 0 Å². The highest BCUT2D eigenvalue weighted by Crippen LogP contribution is 2.34. The monoisotopic (exact) mass is 386 g/mol. The Kier molecular flexibility index (Phi) is 5.14. The zero-order valence-electron chi connectivity index (χ0n) is 16.2. The Morgan fingerprint density at radius 2 is 1.69 bits per heavy atom. The normalized spacial score (nSPS) is 12.3. The van der Waals surface area contributed by atoms with E-state index in [4.69, 9.17) is 5.11 Å². The molecule has 29 heavy (non-hydrogen) atoms. The molecule has 146 valence electrons. The molecule has 5 nitrogen and oxygen atoms in total. The third-order valence-electron chi connectivity index (χ3n) is 5.04. The summed E-state index contributed by atoms with van der Waals surface area (Å²) in [4.78, 5) is 25.1. The number of fused-ring (bicyclic) bond motifs is 2. The van der Waals surface area contributed by atoms with Gasteiger partial charge in [0.1, 0.15) is 0 Å². The molecule has 1 heterocycles. The SMILES string of the molecule is Cc1ccc2c(c1)NC(=O)c1cc(-c3cccc(C(=O)CCCO)c3)ccc1N2. The summed E-state index contributed by atoms with van der Waals surface area (Å²) < 4.78 is 0. The predicted octanol–water partition coefficient (Wildman–Crippen LogP) is 4.93. The third kappa shape index (κ3) is 3.91. The lowest BCUT2D eigenvalue weighted by Crippen LogP contribution is -2.11. The molecule has 0 fully saturated rings. The van der Waals surface area contributed by atoms with E-state index in [1.54, 1.807) is 6.07 Å².